The second-order valence-corrected chi connectivity index (χ2v) is 29.4. The zero-order valence-corrected chi connectivity index (χ0v) is 61.5. The molecule has 1 saturated heterocycles. The van der Waals surface area contributed by atoms with E-state index in [0.29, 0.717) is 78.3 Å². The van der Waals surface area contributed by atoms with Crippen LogP contribution < -0.4 is 57.2 Å². The summed E-state index contributed by atoms with van der Waals surface area (Å²) in [4.78, 5) is 72.3. The van der Waals surface area contributed by atoms with Gasteiger partial charge in [-0.3, -0.25) is 24.0 Å². The van der Waals surface area contributed by atoms with E-state index in [0.717, 1.165) is 25.0 Å². The average Bonchev–Trinajstić information content (AvgIpc) is 1.71. The van der Waals surface area contributed by atoms with Crippen LogP contribution in [0.3, 0.4) is 0 Å². The van der Waals surface area contributed by atoms with E-state index in [1.54, 1.807) is 145 Å². The number of fused-ring (bicyclic) bond motifs is 2. The minimum absolute atomic E-state index is 0. The molecule has 1 aliphatic rings. The van der Waals surface area contributed by atoms with Crippen molar-refractivity contribution >= 4 is 79.0 Å². The Bertz CT molecular complexity index is 4990. The largest absolute Gasteiger partial charge is 1.00 e. The molecular formula is C74H83BBrF2LiN10O12. The van der Waals surface area contributed by atoms with E-state index >= 15 is 8.78 Å². The van der Waals surface area contributed by atoms with Crippen molar-refractivity contribution in [2.75, 3.05) is 10.6 Å². The minimum Gasteiger partial charge on any atom is -0.870 e. The summed E-state index contributed by atoms with van der Waals surface area (Å²) < 4.78 is 54.2. The minimum atomic E-state index is -1.06. The number of hydrogen-bond acceptors (Lipinski definition) is 18. The second-order valence-electron chi connectivity index (χ2n) is 28.5. The number of pyridine rings is 4. The molecule has 0 amide bonds. The molecule has 526 valence electrons. The van der Waals surface area contributed by atoms with E-state index in [-0.39, 0.29) is 69.4 Å². The number of carbonyl (C=O) groups excluding carboxylic acids is 1. The quantitative estimate of drug-likeness (QED) is 0.0533. The summed E-state index contributed by atoms with van der Waals surface area (Å²) in [5.41, 5.74) is 1.27. The van der Waals surface area contributed by atoms with Crippen molar-refractivity contribution < 1.29 is 67.3 Å². The molecule has 0 unspecified atom stereocenters. The van der Waals surface area contributed by atoms with Gasteiger partial charge in [0, 0.05) is 88.9 Å². The maximum Gasteiger partial charge on any atom is 1.00 e. The van der Waals surface area contributed by atoms with Crippen LogP contribution in [0.25, 0.3) is 44.0 Å². The monoisotopic (exact) mass is 1440 g/mol. The molecule has 101 heavy (non-hydrogen) atoms. The first-order chi connectivity index (χ1) is 46.1. The number of hydrogen-bond donors (Lipinski definition) is 5. The summed E-state index contributed by atoms with van der Waals surface area (Å²) >= 11 is 3.35. The molecule has 0 saturated carbocycles. The number of benzene rings is 4. The van der Waals surface area contributed by atoms with E-state index in [4.69, 9.17) is 14.0 Å². The molecule has 1 fully saturated rings. The van der Waals surface area contributed by atoms with Gasteiger partial charge < -0.3 is 54.6 Å². The average molecular weight is 1440 g/mol. The van der Waals surface area contributed by atoms with Gasteiger partial charge in [0.25, 0.3) is 22.2 Å². The number of esters is 1. The van der Waals surface area contributed by atoms with Crippen LogP contribution in [0.1, 0.15) is 137 Å². The third-order valence-corrected chi connectivity index (χ3v) is 17.8. The third kappa shape index (κ3) is 17.6. The number of aromatic nitrogens is 8. The van der Waals surface area contributed by atoms with Gasteiger partial charge in [0.1, 0.15) is 41.3 Å². The molecule has 0 atom stereocenters. The van der Waals surface area contributed by atoms with Gasteiger partial charge in [0.05, 0.1) is 63.6 Å². The molecule has 6 N–H and O–H groups in total. The van der Waals surface area contributed by atoms with E-state index in [2.05, 4.69) is 46.7 Å². The van der Waals surface area contributed by atoms with E-state index < -0.39 is 64.9 Å². The predicted molar refractivity (Wildman–Crippen MR) is 387 cm³/mol. The summed E-state index contributed by atoms with van der Waals surface area (Å²) in [5.74, 6) is -0.773. The third-order valence-electron chi connectivity index (χ3n) is 17.4. The van der Waals surface area contributed by atoms with Gasteiger partial charge in [-0.1, -0.05) is 77.9 Å². The van der Waals surface area contributed by atoms with E-state index in [1.165, 1.54) is 46.8 Å². The summed E-state index contributed by atoms with van der Waals surface area (Å²) in [6, 6.07) is 26.9. The number of nitrogens with zero attached hydrogens (tertiary/aromatic N) is 8. The van der Waals surface area contributed by atoms with Crippen molar-refractivity contribution in [2.45, 2.75) is 150 Å². The zero-order valence-electron chi connectivity index (χ0n) is 60.0. The van der Waals surface area contributed by atoms with Gasteiger partial charge in [-0.15, -0.1) is 0 Å². The molecule has 0 bridgehead atoms. The first-order valence-electron chi connectivity index (χ1n) is 31.9. The molecule has 0 spiro atoms. The molecule has 1 aliphatic heterocycles. The fourth-order valence-corrected chi connectivity index (χ4v) is 11.4. The topological polar surface area (TPSA) is 299 Å². The summed E-state index contributed by atoms with van der Waals surface area (Å²) in [6.07, 6.45) is 9.37. The number of anilines is 4. The Labute approximate surface area is 604 Å². The maximum atomic E-state index is 15.3. The molecule has 4 aromatic carbocycles. The number of nitrogens with one attached hydrogen (secondary N) is 2. The van der Waals surface area contributed by atoms with Crippen molar-refractivity contribution in [2.24, 2.45) is 14.1 Å². The van der Waals surface area contributed by atoms with E-state index in [9.17, 15) is 39.3 Å². The SMILES string of the molecule is CC(=O)OCc1c(B2OC(C)(C)C(C)(C)O2)cccc1-n1ncc2cc(C(C)(C)C)cc(F)c2c1=O.Cn1cc(-c2cccc(-n3ncc4cc(C(C)(C)C)cc(F)c4c3=O)c2CO)cc(Nc2ccc(C(C)(C)O)cn2)c1=O.Cn1cc(Br)cc(Nc2ccc(C(C)(C)O)cn2)c1=O.[Li+].[OH-]. The van der Waals surface area contributed by atoms with Gasteiger partial charge in [-0.05, 0) is 165 Å². The molecule has 11 rings (SSSR count). The normalized spacial score (nSPS) is 13.5. The molecule has 6 aromatic heterocycles. The van der Waals surface area contributed by atoms with Gasteiger partial charge in [-0.25, -0.2) is 18.7 Å². The van der Waals surface area contributed by atoms with Crippen LogP contribution in [-0.4, -0.2) is 83.7 Å². The van der Waals surface area contributed by atoms with Crippen LogP contribution in [0, 0.1) is 11.6 Å². The van der Waals surface area contributed by atoms with Crippen molar-refractivity contribution in [3.8, 4) is 22.5 Å². The number of halogens is 3. The fourth-order valence-electron chi connectivity index (χ4n) is 10.8. The standard InChI is InChI=1S/C33H34FN5O4.C27H32BFN2O5.C14H16BrN3O2.Li.H2O/c1-32(2,3)22-12-19-15-36-39(31(42)29(19)25(34)14-22)27-9-7-8-23(24(27)18-40)20-13-26(30(41)38(6)17-20)37-28-11-10-21(16-35-28)33(4,5)43;1-16(32)34-15-19-20(28-35-26(5,6)27(7,8)36-28)10-9-11-22(19)31-24(33)23-17(14-30-31)12-18(13-21(23)29)25(2,3)4;1-14(2,20)9-4-5-12(16-7-9)17-11-6-10(15)8-18(3)13(11)19;;/h7-17,40,43H,18H2,1-6H3,(H,35,37);9-14H,15H2,1-8H3;4-8,20H,1-3H3,(H,16,17);;1H2/q;;;+1;/p-1. The van der Waals surface area contributed by atoms with Gasteiger partial charge in [-0.2, -0.15) is 19.6 Å². The first kappa shape index (κ1) is 79.5. The number of rotatable bonds is 13. The Hall–Kier alpha value is -8.81. The Morgan fingerprint density at radius 2 is 1.04 bits per heavy atom. The van der Waals surface area contributed by atoms with Crippen LogP contribution in [0.15, 0.2) is 158 Å². The number of ether oxygens (including phenoxy) is 1. The molecule has 10 aromatic rings. The van der Waals surface area contributed by atoms with E-state index in [1.807, 2.05) is 69.2 Å². The Kier molecular flexibility index (Phi) is 23.9. The van der Waals surface area contributed by atoms with Gasteiger partial charge >= 0.3 is 31.9 Å². The number of aliphatic hydroxyl groups is 3. The maximum absolute atomic E-state index is 15.3. The number of aliphatic hydroxyl groups excluding tert-OH is 1. The Morgan fingerprint density at radius 3 is 1.46 bits per heavy atom. The number of aryl methyl sites for hydroxylation is 2. The second kappa shape index (κ2) is 30.4. The van der Waals surface area contributed by atoms with Crippen LogP contribution in [-0.2, 0) is 68.2 Å². The molecule has 27 heteroatoms. The van der Waals surface area contributed by atoms with Crippen molar-refractivity contribution in [1.29, 1.82) is 0 Å². The summed E-state index contributed by atoms with van der Waals surface area (Å²) in [6.45, 7) is 27.0. The predicted octanol–water partition coefficient (Wildman–Crippen LogP) is 8.57. The number of carbonyl (C=O) groups is 1. The molecule has 22 nitrogen and oxygen atoms in total. The Morgan fingerprint density at radius 1 is 0.604 bits per heavy atom. The van der Waals surface area contributed by atoms with Crippen LogP contribution in [0.2, 0.25) is 0 Å². The molecule has 7 heterocycles. The van der Waals surface area contributed by atoms with Crippen molar-refractivity contribution in [1.82, 2.24) is 38.7 Å². The van der Waals surface area contributed by atoms with Crippen LogP contribution in [0.5, 0.6) is 0 Å². The summed E-state index contributed by atoms with van der Waals surface area (Å²) in [7, 11) is 2.53. The fraction of sp³-hybridized carbons (Fsp3) is 0.338. The van der Waals surface area contributed by atoms with Crippen LogP contribution in [0.4, 0.5) is 31.8 Å². The van der Waals surface area contributed by atoms with Gasteiger partial charge in [0.15, 0.2) is 0 Å². The summed E-state index contributed by atoms with van der Waals surface area (Å²) in [5, 5.41) is 46.0. The molecule has 0 aliphatic carbocycles. The Balaban J connectivity index is 0.000000223. The molecule has 0 radical (unpaired) electrons. The van der Waals surface area contributed by atoms with Crippen molar-refractivity contribution in [3.63, 3.8) is 0 Å². The van der Waals surface area contributed by atoms with Crippen molar-refractivity contribution in [3.05, 3.63) is 225 Å². The van der Waals surface area contributed by atoms with Gasteiger partial charge in [0.2, 0.25) is 0 Å². The molecular weight excluding hydrogens is 1360 g/mol. The van der Waals surface area contributed by atoms with Crippen LogP contribution >= 0.6 is 15.9 Å². The zero-order chi connectivity index (χ0) is 72.8. The first-order valence-corrected chi connectivity index (χ1v) is 32.7. The smallest absolute Gasteiger partial charge is 0.870 e.